The SMILES string of the molecule is COc1ccc(C(NN)C2COCCO2)c(F)c1. The quantitative estimate of drug-likeness (QED) is 0.615. The Hall–Kier alpha value is -1.21. The van der Waals surface area contributed by atoms with Gasteiger partial charge in [0.25, 0.3) is 0 Å². The zero-order valence-electron chi connectivity index (χ0n) is 10.2. The molecule has 1 aliphatic rings. The smallest absolute Gasteiger partial charge is 0.131 e. The van der Waals surface area contributed by atoms with E-state index in [1.54, 1.807) is 12.1 Å². The molecule has 0 spiro atoms. The van der Waals surface area contributed by atoms with Gasteiger partial charge in [-0.3, -0.25) is 11.3 Å². The summed E-state index contributed by atoms with van der Waals surface area (Å²) < 4.78 is 29.8. The molecule has 0 aromatic heterocycles. The first-order valence-corrected chi connectivity index (χ1v) is 5.75. The highest BCUT2D eigenvalue weighted by atomic mass is 19.1. The van der Waals surface area contributed by atoms with Gasteiger partial charge in [-0.05, 0) is 6.07 Å². The van der Waals surface area contributed by atoms with Crippen LogP contribution in [0.3, 0.4) is 0 Å². The fraction of sp³-hybridized carbons (Fsp3) is 0.500. The number of benzene rings is 1. The lowest BCUT2D eigenvalue weighted by atomic mass is 10.0. The van der Waals surface area contributed by atoms with Gasteiger partial charge >= 0.3 is 0 Å². The summed E-state index contributed by atoms with van der Waals surface area (Å²) in [4.78, 5) is 0. The van der Waals surface area contributed by atoms with E-state index < -0.39 is 6.04 Å². The van der Waals surface area contributed by atoms with E-state index in [0.29, 0.717) is 31.1 Å². The largest absolute Gasteiger partial charge is 0.497 e. The molecule has 1 heterocycles. The van der Waals surface area contributed by atoms with Crippen LogP contribution in [-0.2, 0) is 9.47 Å². The predicted molar refractivity (Wildman–Crippen MR) is 63.6 cm³/mol. The van der Waals surface area contributed by atoms with Gasteiger partial charge in [0, 0.05) is 11.6 Å². The van der Waals surface area contributed by atoms with Crippen molar-refractivity contribution in [2.24, 2.45) is 5.84 Å². The van der Waals surface area contributed by atoms with Gasteiger partial charge in [0.15, 0.2) is 0 Å². The normalized spacial score (nSPS) is 21.6. The molecule has 2 unspecified atom stereocenters. The van der Waals surface area contributed by atoms with E-state index in [9.17, 15) is 4.39 Å². The molecule has 1 aliphatic heterocycles. The Balaban J connectivity index is 2.20. The maximum absolute atomic E-state index is 14.0. The summed E-state index contributed by atoms with van der Waals surface area (Å²) in [6.07, 6.45) is -0.299. The summed E-state index contributed by atoms with van der Waals surface area (Å²) in [5, 5.41) is 0. The van der Waals surface area contributed by atoms with Crippen LogP contribution in [0.1, 0.15) is 11.6 Å². The maximum atomic E-state index is 14.0. The van der Waals surface area contributed by atoms with Crippen LogP contribution >= 0.6 is 0 Å². The minimum Gasteiger partial charge on any atom is -0.497 e. The summed E-state index contributed by atoms with van der Waals surface area (Å²) in [6, 6.07) is 4.20. The Morgan fingerprint density at radius 3 is 2.89 bits per heavy atom. The third kappa shape index (κ3) is 2.78. The lowest BCUT2D eigenvalue weighted by molar-refractivity contribution is -0.103. The van der Waals surface area contributed by atoms with Crippen LogP contribution in [0, 0.1) is 5.82 Å². The fourth-order valence-electron chi connectivity index (χ4n) is 1.98. The second-order valence-electron chi connectivity index (χ2n) is 4.02. The number of hydrogen-bond donors (Lipinski definition) is 2. The first kappa shape index (κ1) is 13.2. The van der Waals surface area contributed by atoms with Crippen LogP contribution in [0.25, 0.3) is 0 Å². The van der Waals surface area contributed by atoms with E-state index in [4.69, 9.17) is 20.1 Å². The minimum absolute atomic E-state index is 0.299. The van der Waals surface area contributed by atoms with Crippen molar-refractivity contribution in [1.82, 2.24) is 5.43 Å². The van der Waals surface area contributed by atoms with Crippen LogP contribution in [0.4, 0.5) is 4.39 Å². The monoisotopic (exact) mass is 256 g/mol. The van der Waals surface area contributed by atoms with Gasteiger partial charge in [-0.1, -0.05) is 6.07 Å². The Kier molecular flexibility index (Phi) is 4.48. The van der Waals surface area contributed by atoms with Crippen LogP contribution in [0.2, 0.25) is 0 Å². The molecule has 1 aromatic rings. The highest BCUT2D eigenvalue weighted by Gasteiger charge is 2.27. The van der Waals surface area contributed by atoms with E-state index in [1.165, 1.54) is 13.2 Å². The van der Waals surface area contributed by atoms with Gasteiger partial charge in [0.2, 0.25) is 0 Å². The maximum Gasteiger partial charge on any atom is 0.131 e. The van der Waals surface area contributed by atoms with E-state index in [-0.39, 0.29) is 11.9 Å². The summed E-state index contributed by atoms with van der Waals surface area (Å²) in [5.74, 6) is 5.57. The molecule has 100 valence electrons. The standard InChI is InChI=1S/C12H17FN2O3/c1-16-8-2-3-9(10(13)6-8)12(15-14)11-7-17-4-5-18-11/h2-3,6,11-12,15H,4-5,7,14H2,1H3. The highest BCUT2D eigenvalue weighted by molar-refractivity contribution is 5.31. The van der Waals surface area contributed by atoms with Crippen molar-refractivity contribution in [3.63, 3.8) is 0 Å². The van der Waals surface area contributed by atoms with Crippen LogP contribution < -0.4 is 16.0 Å². The van der Waals surface area contributed by atoms with E-state index in [0.717, 1.165) is 0 Å². The topological polar surface area (TPSA) is 65.7 Å². The first-order valence-electron chi connectivity index (χ1n) is 5.75. The third-order valence-corrected chi connectivity index (χ3v) is 2.94. The number of nitrogens with one attached hydrogen (secondary N) is 1. The molecule has 1 saturated heterocycles. The molecule has 1 fully saturated rings. The van der Waals surface area contributed by atoms with Gasteiger partial charge in [-0.2, -0.15) is 0 Å². The molecule has 3 N–H and O–H groups in total. The molecule has 0 saturated carbocycles. The number of rotatable bonds is 4. The predicted octanol–water partition coefficient (Wildman–Crippen LogP) is 0.754. The molecule has 1 aromatic carbocycles. The average Bonchev–Trinajstić information content (AvgIpc) is 2.42. The first-order chi connectivity index (χ1) is 8.76. The summed E-state index contributed by atoms with van der Waals surface area (Å²) in [5.41, 5.74) is 3.02. The number of halogens is 1. The molecule has 0 aliphatic carbocycles. The Bertz CT molecular complexity index is 397. The van der Waals surface area contributed by atoms with Crippen molar-refractivity contribution in [3.05, 3.63) is 29.6 Å². The molecule has 6 heteroatoms. The molecular formula is C12H17FN2O3. The molecule has 5 nitrogen and oxygen atoms in total. The van der Waals surface area contributed by atoms with Crippen molar-refractivity contribution in [2.45, 2.75) is 12.1 Å². The molecule has 2 atom stereocenters. The van der Waals surface area contributed by atoms with Crippen molar-refractivity contribution < 1.29 is 18.6 Å². The lowest BCUT2D eigenvalue weighted by Gasteiger charge is -2.30. The molecule has 2 rings (SSSR count). The zero-order chi connectivity index (χ0) is 13.0. The van der Waals surface area contributed by atoms with Gasteiger partial charge in [0.1, 0.15) is 17.7 Å². The molecule has 18 heavy (non-hydrogen) atoms. The molecular weight excluding hydrogens is 239 g/mol. The van der Waals surface area contributed by atoms with E-state index in [1.807, 2.05) is 0 Å². The van der Waals surface area contributed by atoms with E-state index >= 15 is 0 Å². The Morgan fingerprint density at radius 2 is 2.33 bits per heavy atom. The third-order valence-electron chi connectivity index (χ3n) is 2.94. The van der Waals surface area contributed by atoms with Gasteiger partial charge in [-0.25, -0.2) is 4.39 Å². The summed E-state index contributed by atoms with van der Waals surface area (Å²) in [7, 11) is 1.49. The van der Waals surface area contributed by atoms with Gasteiger partial charge < -0.3 is 14.2 Å². The van der Waals surface area contributed by atoms with Crippen molar-refractivity contribution in [3.8, 4) is 5.75 Å². The van der Waals surface area contributed by atoms with Gasteiger partial charge in [-0.15, -0.1) is 0 Å². The molecule has 0 amide bonds. The molecule has 0 radical (unpaired) electrons. The van der Waals surface area contributed by atoms with Gasteiger partial charge in [0.05, 0.1) is 33.0 Å². The minimum atomic E-state index is -0.448. The highest BCUT2D eigenvalue weighted by Crippen LogP contribution is 2.26. The fourth-order valence-corrected chi connectivity index (χ4v) is 1.98. The van der Waals surface area contributed by atoms with Crippen molar-refractivity contribution in [1.29, 1.82) is 0 Å². The van der Waals surface area contributed by atoms with Crippen LogP contribution in [0.5, 0.6) is 5.75 Å². The second kappa shape index (κ2) is 6.10. The number of ether oxygens (including phenoxy) is 3. The molecule has 0 bridgehead atoms. The average molecular weight is 256 g/mol. The summed E-state index contributed by atoms with van der Waals surface area (Å²) >= 11 is 0. The number of hydrazine groups is 1. The summed E-state index contributed by atoms with van der Waals surface area (Å²) in [6.45, 7) is 1.43. The van der Waals surface area contributed by atoms with E-state index in [2.05, 4.69) is 5.43 Å². The number of nitrogens with two attached hydrogens (primary N) is 1. The Morgan fingerprint density at radius 1 is 1.50 bits per heavy atom. The second-order valence-corrected chi connectivity index (χ2v) is 4.02. The van der Waals surface area contributed by atoms with Crippen molar-refractivity contribution >= 4 is 0 Å². The number of methoxy groups -OCH3 is 1. The zero-order valence-corrected chi connectivity index (χ0v) is 10.2. The Labute approximate surface area is 105 Å². The van der Waals surface area contributed by atoms with Crippen molar-refractivity contribution in [2.75, 3.05) is 26.9 Å². The lowest BCUT2D eigenvalue weighted by Crippen LogP contribution is -2.43. The number of hydrogen-bond acceptors (Lipinski definition) is 5. The van der Waals surface area contributed by atoms with Crippen LogP contribution in [-0.4, -0.2) is 33.0 Å². The van der Waals surface area contributed by atoms with Crippen LogP contribution in [0.15, 0.2) is 18.2 Å².